The van der Waals surface area contributed by atoms with Crippen molar-refractivity contribution in [2.75, 3.05) is 20.1 Å². The van der Waals surface area contributed by atoms with Gasteiger partial charge in [0.1, 0.15) is 0 Å². The van der Waals surface area contributed by atoms with Gasteiger partial charge in [-0.3, -0.25) is 4.79 Å². The Hall–Kier alpha value is -1.35. The number of nitrogens with one attached hydrogen (secondary N) is 2. The normalized spacial score (nSPS) is 10.2. The molecule has 0 aliphatic rings. The van der Waals surface area contributed by atoms with Crippen molar-refractivity contribution >= 4 is 5.91 Å². The highest BCUT2D eigenvalue weighted by molar-refractivity contribution is 5.95. The van der Waals surface area contributed by atoms with Crippen LogP contribution in [0.2, 0.25) is 0 Å². The Labute approximate surface area is 97.2 Å². The number of hydrogen-bond donors (Lipinski definition) is 2. The third kappa shape index (κ3) is 3.66. The molecule has 0 aliphatic heterocycles. The molecule has 0 radical (unpaired) electrons. The highest BCUT2D eigenvalue weighted by Crippen LogP contribution is 2.10. The second-order valence-electron chi connectivity index (χ2n) is 4.03. The Morgan fingerprint density at radius 3 is 2.62 bits per heavy atom. The van der Waals surface area contributed by atoms with E-state index in [0.717, 1.165) is 24.1 Å². The molecule has 0 spiro atoms. The molecule has 1 rings (SSSR count). The van der Waals surface area contributed by atoms with E-state index in [2.05, 4.69) is 10.6 Å². The Kier molecular flexibility index (Phi) is 4.99. The Balaban J connectivity index is 2.53. The maximum absolute atomic E-state index is 11.8. The van der Waals surface area contributed by atoms with Crippen LogP contribution in [-0.4, -0.2) is 26.0 Å². The molecule has 0 fully saturated rings. The molecule has 1 aromatic rings. The smallest absolute Gasteiger partial charge is 0.251 e. The van der Waals surface area contributed by atoms with Gasteiger partial charge in [0.2, 0.25) is 0 Å². The van der Waals surface area contributed by atoms with E-state index in [1.165, 1.54) is 5.56 Å². The second kappa shape index (κ2) is 6.28. The van der Waals surface area contributed by atoms with Gasteiger partial charge in [-0.2, -0.15) is 0 Å². The molecule has 3 nitrogen and oxygen atoms in total. The zero-order valence-corrected chi connectivity index (χ0v) is 10.3. The van der Waals surface area contributed by atoms with E-state index in [-0.39, 0.29) is 5.91 Å². The van der Waals surface area contributed by atoms with Crippen LogP contribution in [0.4, 0.5) is 0 Å². The molecule has 16 heavy (non-hydrogen) atoms. The fraction of sp³-hybridized carbons (Fsp3) is 0.462. The van der Waals surface area contributed by atoms with Crippen LogP contribution < -0.4 is 10.6 Å². The topological polar surface area (TPSA) is 41.1 Å². The summed E-state index contributed by atoms with van der Waals surface area (Å²) in [6.07, 6.45) is 0.952. The summed E-state index contributed by atoms with van der Waals surface area (Å²) in [5, 5.41) is 5.96. The Morgan fingerprint density at radius 1 is 1.25 bits per heavy atom. The molecule has 0 heterocycles. The van der Waals surface area contributed by atoms with E-state index >= 15 is 0 Å². The van der Waals surface area contributed by atoms with Gasteiger partial charge in [0.05, 0.1) is 0 Å². The number of rotatable bonds is 5. The molecule has 0 saturated heterocycles. The molecule has 1 amide bonds. The summed E-state index contributed by atoms with van der Waals surface area (Å²) >= 11 is 0. The van der Waals surface area contributed by atoms with Gasteiger partial charge in [-0.25, -0.2) is 0 Å². The molecule has 0 unspecified atom stereocenters. The second-order valence-corrected chi connectivity index (χ2v) is 4.03. The molecule has 2 N–H and O–H groups in total. The lowest BCUT2D eigenvalue weighted by atomic mass is 10.1. The predicted octanol–water partition coefficient (Wildman–Crippen LogP) is 1.64. The van der Waals surface area contributed by atoms with Crippen molar-refractivity contribution < 1.29 is 4.79 Å². The molecule has 0 saturated carbocycles. The van der Waals surface area contributed by atoms with Gasteiger partial charge in [-0.05, 0) is 45.5 Å². The van der Waals surface area contributed by atoms with Crippen molar-refractivity contribution in [3.63, 3.8) is 0 Å². The molecular formula is C13H20N2O. The average Bonchev–Trinajstić information content (AvgIpc) is 2.24. The number of carbonyl (C=O) groups is 1. The molecule has 0 aliphatic carbocycles. The molecule has 88 valence electrons. The van der Waals surface area contributed by atoms with Gasteiger partial charge in [0.25, 0.3) is 5.91 Å². The van der Waals surface area contributed by atoms with Crippen molar-refractivity contribution in [2.45, 2.75) is 20.3 Å². The standard InChI is InChI=1S/C13H20N2O/c1-10-5-6-12(11(2)9-10)13(16)15-8-4-7-14-3/h5-6,9,14H,4,7-8H2,1-3H3,(H,15,16). The predicted molar refractivity (Wildman–Crippen MR) is 66.8 cm³/mol. The zero-order chi connectivity index (χ0) is 12.0. The van der Waals surface area contributed by atoms with Crippen LogP contribution in [0.5, 0.6) is 0 Å². The summed E-state index contributed by atoms with van der Waals surface area (Å²) in [5.74, 6) is 0.0219. The first-order valence-electron chi connectivity index (χ1n) is 5.65. The summed E-state index contributed by atoms with van der Waals surface area (Å²) in [5.41, 5.74) is 2.99. The first-order valence-corrected chi connectivity index (χ1v) is 5.65. The van der Waals surface area contributed by atoms with E-state index in [1.54, 1.807) is 0 Å². The van der Waals surface area contributed by atoms with Crippen LogP contribution in [-0.2, 0) is 0 Å². The summed E-state index contributed by atoms with van der Waals surface area (Å²) in [6, 6.07) is 5.89. The third-order valence-corrected chi connectivity index (χ3v) is 2.52. The lowest BCUT2D eigenvalue weighted by molar-refractivity contribution is 0.0952. The molecule has 0 atom stereocenters. The van der Waals surface area contributed by atoms with Crippen molar-refractivity contribution in [1.29, 1.82) is 0 Å². The lowest BCUT2D eigenvalue weighted by Gasteiger charge is -2.08. The lowest BCUT2D eigenvalue weighted by Crippen LogP contribution is -2.27. The number of hydrogen-bond acceptors (Lipinski definition) is 2. The SMILES string of the molecule is CNCCCNC(=O)c1ccc(C)cc1C. The van der Waals surface area contributed by atoms with E-state index in [0.29, 0.717) is 6.54 Å². The molecular weight excluding hydrogens is 200 g/mol. The highest BCUT2D eigenvalue weighted by atomic mass is 16.1. The third-order valence-electron chi connectivity index (χ3n) is 2.52. The summed E-state index contributed by atoms with van der Waals surface area (Å²) in [4.78, 5) is 11.8. The average molecular weight is 220 g/mol. The van der Waals surface area contributed by atoms with Gasteiger partial charge in [-0.15, -0.1) is 0 Å². The van der Waals surface area contributed by atoms with Crippen LogP contribution in [0.15, 0.2) is 18.2 Å². The van der Waals surface area contributed by atoms with Gasteiger partial charge >= 0.3 is 0 Å². The quantitative estimate of drug-likeness (QED) is 0.741. The van der Waals surface area contributed by atoms with Crippen LogP contribution in [0.1, 0.15) is 27.9 Å². The maximum Gasteiger partial charge on any atom is 0.251 e. The fourth-order valence-electron chi connectivity index (χ4n) is 1.63. The minimum atomic E-state index is 0.0219. The largest absolute Gasteiger partial charge is 0.352 e. The first-order chi connectivity index (χ1) is 7.65. The van der Waals surface area contributed by atoms with E-state index in [9.17, 15) is 4.79 Å². The highest BCUT2D eigenvalue weighted by Gasteiger charge is 2.07. The monoisotopic (exact) mass is 220 g/mol. The molecule has 1 aromatic carbocycles. The summed E-state index contributed by atoms with van der Waals surface area (Å²) in [6.45, 7) is 5.64. The van der Waals surface area contributed by atoms with E-state index < -0.39 is 0 Å². The van der Waals surface area contributed by atoms with Crippen molar-refractivity contribution in [2.24, 2.45) is 0 Å². The fourth-order valence-corrected chi connectivity index (χ4v) is 1.63. The zero-order valence-electron chi connectivity index (χ0n) is 10.3. The minimum Gasteiger partial charge on any atom is -0.352 e. The molecule has 0 bridgehead atoms. The Bertz CT molecular complexity index is 361. The van der Waals surface area contributed by atoms with Crippen LogP contribution in [0, 0.1) is 13.8 Å². The van der Waals surface area contributed by atoms with Gasteiger partial charge in [0, 0.05) is 12.1 Å². The molecule has 0 aromatic heterocycles. The van der Waals surface area contributed by atoms with E-state index in [4.69, 9.17) is 0 Å². The van der Waals surface area contributed by atoms with Crippen molar-refractivity contribution in [1.82, 2.24) is 10.6 Å². The number of amides is 1. The number of aryl methyl sites for hydroxylation is 2. The van der Waals surface area contributed by atoms with Gasteiger partial charge in [-0.1, -0.05) is 17.7 Å². The van der Waals surface area contributed by atoms with E-state index in [1.807, 2.05) is 39.1 Å². The van der Waals surface area contributed by atoms with Crippen LogP contribution in [0.3, 0.4) is 0 Å². The van der Waals surface area contributed by atoms with Gasteiger partial charge in [0.15, 0.2) is 0 Å². The minimum absolute atomic E-state index is 0.0219. The maximum atomic E-state index is 11.8. The van der Waals surface area contributed by atoms with Crippen LogP contribution >= 0.6 is 0 Å². The van der Waals surface area contributed by atoms with Crippen LogP contribution in [0.25, 0.3) is 0 Å². The van der Waals surface area contributed by atoms with Gasteiger partial charge < -0.3 is 10.6 Å². The Morgan fingerprint density at radius 2 is 2.00 bits per heavy atom. The summed E-state index contributed by atoms with van der Waals surface area (Å²) in [7, 11) is 1.91. The number of carbonyl (C=O) groups excluding carboxylic acids is 1. The molecule has 3 heteroatoms. The van der Waals surface area contributed by atoms with Crippen molar-refractivity contribution in [3.05, 3.63) is 34.9 Å². The first kappa shape index (κ1) is 12.7. The number of benzene rings is 1. The van der Waals surface area contributed by atoms with Crippen molar-refractivity contribution in [3.8, 4) is 0 Å². The summed E-state index contributed by atoms with van der Waals surface area (Å²) < 4.78 is 0.